The zero-order valence-electron chi connectivity index (χ0n) is 11.7. The van der Waals surface area contributed by atoms with Crippen LogP contribution in [0.15, 0.2) is 18.3 Å². The first-order valence-electron chi connectivity index (χ1n) is 6.69. The molecular formula is C14H17F3N2O2. The zero-order chi connectivity index (χ0) is 15.5. The van der Waals surface area contributed by atoms with Gasteiger partial charge in [-0.1, -0.05) is 0 Å². The second-order valence-electron chi connectivity index (χ2n) is 5.14. The number of hydrogen-bond acceptors (Lipinski definition) is 3. The summed E-state index contributed by atoms with van der Waals surface area (Å²) in [4.78, 5) is 17.3. The number of halogens is 3. The fraction of sp³-hybridized carbons (Fsp3) is 0.571. The fourth-order valence-corrected chi connectivity index (χ4v) is 2.42. The lowest BCUT2D eigenvalue weighted by molar-refractivity contribution is -0.137. The van der Waals surface area contributed by atoms with Crippen molar-refractivity contribution < 1.29 is 22.7 Å². The Morgan fingerprint density at radius 2 is 2.19 bits per heavy atom. The van der Waals surface area contributed by atoms with Crippen molar-refractivity contribution >= 4 is 5.91 Å². The molecule has 2 heterocycles. The molecule has 0 aliphatic carbocycles. The van der Waals surface area contributed by atoms with Crippen molar-refractivity contribution in [1.29, 1.82) is 0 Å². The Morgan fingerprint density at radius 3 is 2.76 bits per heavy atom. The summed E-state index contributed by atoms with van der Waals surface area (Å²) >= 11 is 0. The number of ether oxygens (including phenoxy) is 1. The van der Waals surface area contributed by atoms with E-state index < -0.39 is 11.7 Å². The van der Waals surface area contributed by atoms with Gasteiger partial charge in [0, 0.05) is 38.5 Å². The maximum Gasteiger partial charge on any atom is 0.417 e. The first-order valence-corrected chi connectivity index (χ1v) is 6.69. The number of nitrogens with zero attached hydrogens (tertiary/aromatic N) is 2. The van der Waals surface area contributed by atoms with Crippen LogP contribution in [0.25, 0.3) is 0 Å². The SMILES string of the molecule is COCCN1C[C@H](Cc2ccc(C(F)(F)F)cn2)CC1=O. The van der Waals surface area contributed by atoms with Crippen LogP contribution in [0.3, 0.4) is 0 Å². The van der Waals surface area contributed by atoms with Crippen LogP contribution in [-0.4, -0.2) is 42.6 Å². The van der Waals surface area contributed by atoms with Gasteiger partial charge >= 0.3 is 6.18 Å². The molecule has 0 aromatic carbocycles. The minimum Gasteiger partial charge on any atom is -0.383 e. The molecule has 21 heavy (non-hydrogen) atoms. The fourth-order valence-electron chi connectivity index (χ4n) is 2.42. The summed E-state index contributed by atoms with van der Waals surface area (Å²) in [5.41, 5.74) is -0.176. The van der Waals surface area contributed by atoms with Gasteiger partial charge in [0.2, 0.25) is 5.91 Å². The Morgan fingerprint density at radius 1 is 1.43 bits per heavy atom. The van der Waals surface area contributed by atoms with E-state index >= 15 is 0 Å². The molecule has 0 saturated carbocycles. The van der Waals surface area contributed by atoms with E-state index in [2.05, 4.69) is 4.98 Å². The number of amides is 1. The average molecular weight is 302 g/mol. The standard InChI is InChI=1S/C14H17F3N2O2/c1-21-5-4-19-9-10(7-13(19)20)6-12-3-2-11(8-18-12)14(15,16)17/h2-3,8,10H,4-7,9H2,1H3/t10-/m1/s1. The first kappa shape index (κ1) is 15.8. The van der Waals surface area contributed by atoms with Gasteiger partial charge in [0.15, 0.2) is 0 Å². The summed E-state index contributed by atoms with van der Waals surface area (Å²) in [6, 6.07) is 2.41. The van der Waals surface area contributed by atoms with Gasteiger partial charge in [0.1, 0.15) is 0 Å². The number of aromatic nitrogens is 1. The van der Waals surface area contributed by atoms with Crippen LogP contribution in [-0.2, 0) is 22.1 Å². The van der Waals surface area contributed by atoms with Gasteiger partial charge in [0.05, 0.1) is 12.2 Å². The first-order chi connectivity index (χ1) is 9.90. The summed E-state index contributed by atoms with van der Waals surface area (Å²) in [5.74, 6) is 0.155. The summed E-state index contributed by atoms with van der Waals surface area (Å²) in [5, 5.41) is 0. The number of alkyl halides is 3. The van der Waals surface area contributed by atoms with E-state index in [4.69, 9.17) is 4.74 Å². The predicted molar refractivity (Wildman–Crippen MR) is 69.5 cm³/mol. The second-order valence-corrected chi connectivity index (χ2v) is 5.14. The van der Waals surface area contributed by atoms with Crippen LogP contribution in [0.4, 0.5) is 13.2 Å². The third-order valence-corrected chi connectivity index (χ3v) is 3.51. The summed E-state index contributed by atoms with van der Waals surface area (Å²) in [6.07, 6.45) is -2.61. The van der Waals surface area contributed by atoms with E-state index in [-0.39, 0.29) is 11.8 Å². The molecule has 1 amide bonds. The maximum atomic E-state index is 12.4. The van der Waals surface area contributed by atoms with Crippen molar-refractivity contribution in [3.8, 4) is 0 Å². The zero-order valence-corrected chi connectivity index (χ0v) is 11.7. The van der Waals surface area contributed by atoms with Gasteiger partial charge < -0.3 is 9.64 Å². The predicted octanol–water partition coefficient (Wildman–Crippen LogP) is 2.14. The molecule has 116 valence electrons. The molecule has 1 aliphatic rings. The smallest absolute Gasteiger partial charge is 0.383 e. The van der Waals surface area contributed by atoms with Gasteiger partial charge in [0.25, 0.3) is 0 Å². The van der Waals surface area contributed by atoms with E-state index in [1.165, 1.54) is 6.07 Å². The molecule has 0 N–H and O–H groups in total. The van der Waals surface area contributed by atoms with Gasteiger partial charge in [-0.2, -0.15) is 13.2 Å². The van der Waals surface area contributed by atoms with Crippen LogP contribution in [0, 0.1) is 5.92 Å². The molecule has 0 bridgehead atoms. The van der Waals surface area contributed by atoms with E-state index in [0.29, 0.717) is 38.2 Å². The van der Waals surface area contributed by atoms with Crippen LogP contribution in [0.5, 0.6) is 0 Å². The Labute approximate surface area is 120 Å². The Kier molecular flexibility index (Phi) is 4.82. The topological polar surface area (TPSA) is 42.4 Å². The number of likely N-dealkylation sites (tertiary alicyclic amines) is 1. The van der Waals surface area contributed by atoms with Gasteiger partial charge in [-0.3, -0.25) is 9.78 Å². The molecular weight excluding hydrogens is 285 g/mol. The van der Waals surface area contributed by atoms with Crippen molar-refractivity contribution in [2.75, 3.05) is 26.8 Å². The Hall–Kier alpha value is -1.63. The second kappa shape index (κ2) is 6.43. The molecule has 2 rings (SSSR count). The monoisotopic (exact) mass is 302 g/mol. The van der Waals surface area contributed by atoms with Crippen molar-refractivity contribution in [2.24, 2.45) is 5.92 Å². The highest BCUT2D eigenvalue weighted by molar-refractivity contribution is 5.78. The van der Waals surface area contributed by atoms with E-state index in [1.807, 2.05) is 0 Å². The van der Waals surface area contributed by atoms with Crippen molar-refractivity contribution in [3.63, 3.8) is 0 Å². The summed E-state index contributed by atoms with van der Waals surface area (Å²) < 4.78 is 42.3. The van der Waals surface area contributed by atoms with Crippen LogP contribution in [0.1, 0.15) is 17.7 Å². The van der Waals surface area contributed by atoms with Gasteiger partial charge in [-0.15, -0.1) is 0 Å². The maximum absolute atomic E-state index is 12.4. The molecule has 1 saturated heterocycles. The number of carbonyl (C=O) groups excluding carboxylic acids is 1. The minimum absolute atomic E-state index is 0.0592. The minimum atomic E-state index is -4.37. The Bertz CT molecular complexity index is 488. The molecule has 0 spiro atoms. The molecule has 1 aliphatic heterocycles. The van der Waals surface area contributed by atoms with E-state index in [9.17, 15) is 18.0 Å². The van der Waals surface area contributed by atoms with Gasteiger partial charge in [-0.05, 0) is 24.5 Å². The third-order valence-electron chi connectivity index (χ3n) is 3.51. The molecule has 7 heteroatoms. The average Bonchev–Trinajstić information content (AvgIpc) is 2.76. The summed E-state index contributed by atoms with van der Waals surface area (Å²) in [7, 11) is 1.57. The lowest BCUT2D eigenvalue weighted by atomic mass is 10.0. The number of hydrogen-bond donors (Lipinski definition) is 0. The molecule has 1 aromatic rings. The molecule has 0 radical (unpaired) electrons. The number of methoxy groups -OCH3 is 1. The number of rotatable bonds is 5. The highest BCUT2D eigenvalue weighted by Gasteiger charge is 2.32. The molecule has 4 nitrogen and oxygen atoms in total. The normalized spacial score (nSPS) is 19.3. The number of pyridine rings is 1. The third kappa shape index (κ3) is 4.17. The van der Waals surface area contributed by atoms with Crippen LogP contribution in [0.2, 0.25) is 0 Å². The van der Waals surface area contributed by atoms with Crippen LogP contribution >= 0.6 is 0 Å². The van der Waals surface area contributed by atoms with Crippen LogP contribution < -0.4 is 0 Å². The molecule has 0 unspecified atom stereocenters. The highest BCUT2D eigenvalue weighted by atomic mass is 19.4. The van der Waals surface area contributed by atoms with Crippen molar-refractivity contribution in [2.45, 2.75) is 19.0 Å². The van der Waals surface area contributed by atoms with Gasteiger partial charge in [-0.25, -0.2) is 0 Å². The van der Waals surface area contributed by atoms with Crippen molar-refractivity contribution in [1.82, 2.24) is 9.88 Å². The summed E-state index contributed by atoms with van der Waals surface area (Å²) in [6.45, 7) is 1.63. The highest BCUT2D eigenvalue weighted by Crippen LogP contribution is 2.29. The molecule has 1 aromatic heterocycles. The lowest BCUT2D eigenvalue weighted by Gasteiger charge is -2.15. The van der Waals surface area contributed by atoms with Crippen molar-refractivity contribution in [3.05, 3.63) is 29.6 Å². The number of carbonyl (C=O) groups is 1. The molecule has 1 atom stereocenters. The lowest BCUT2D eigenvalue weighted by Crippen LogP contribution is -2.28. The Balaban J connectivity index is 1.92. The quantitative estimate of drug-likeness (QED) is 0.837. The molecule has 1 fully saturated rings. The van der Waals surface area contributed by atoms with E-state index in [1.54, 1.807) is 12.0 Å². The van der Waals surface area contributed by atoms with E-state index in [0.717, 1.165) is 12.3 Å². The largest absolute Gasteiger partial charge is 0.417 e.